The number of phenols is 2. The molecule has 0 saturated carbocycles. The van der Waals surface area contributed by atoms with Crippen molar-refractivity contribution >= 4 is 0 Å². The molecule has 1 aliphatic rings. The lowest BCUT2D eigenvalue weighted by Crippen LogP contribution is -2.35. The van der Waals surface area contributed by atoms with Crippen LogP contribution in [0.1, 0.15) is 36.5 Å². The Balaban J connectivity index is 1.62. The number of phenolic OH excluding ortho intramolecular Hbond substituents is 2. The van der Waals surface area contributed by atoms with E-state index >= 15 is 0 Å². The number of aromatic nitrogens is 3. The summed E-state index contributed by atoms with van der Waals surface area (Å²) in [6, 6.07) is 11.0. The molecule has 2 heterocycles. The molecule has 8 nitrogen and oxygen atoms in total. The second-order valence-corrected chi connectivity index (χ2v) is 8.20. The largest absolute Gasteiger partial charge is 0.508 e. The lowest BCUT2D eigenvalue weighted by atomic mass is 9.98. The van der Waals surface area contributed by atoms with Crippen molar-refractivity contribution in [3.8, 4) is 28.9 Å². The second-order valence-electron chi connectivity index (χ2n) is 8.20. The minimum Gasteiger partial charge on any atom is -0.508 e. The highest BCUT2D eigenvalue weighted by molar-refractivity contribution is 5.68. The molecule has 31 heavy (non-hydrogen) atoms. The van der Waals surface area contributed by atoms with Crippen molar-refractivity contribution in [3.05, 3.63) is 53.1 Å². The van der Waals surface area contributed by atoms with Gasteiger partial charge in [0.25, 0.3) is 0 Å². The second kappa shape index (κ2) is 8.95. The fourth-order valence-corrected chi connectivity index (χ4v) is 3.90. The summed E-state index contributed by atoms with van der Waals surface area (Å²) in [5.41, 5.74) is 3.28. The predicted molar refractivity (Wildman–Crippen MR) is 116 cm³/mol. The Kier molecular flexibility index (Phi) is 6.11. The molecule has 1 saturated heterocycles. The molecule has 0 unspecified atom stereocenters. The summed E-state index contributed by atoms with van der Waals surface area (Å²) in [4.78, 5) is 2.35. The van der Waals surface area contributed by atoms with Crippen LogP contribution in [0, 0.1) is 0 Å². The molecular weight excluding hydrogens is 396 g/mol. The van der Waals surface area contributed by atoms with Gasteiger partial charge in [0.2, 0.25) is 0 Å². The Bertz CT molecular complexity index is 1060. The zero-order valence-corrected chi connectivity index (χ0v) is 17.8. The quantitative estimate of drug-likeness (QED) is 0.559. The standard InChI is InChI=1S/C23H28N4O4/c1-15(2)18-11-19(21(29)12-20(18)28)22-24-25-23(30)27(22)14-17-5-3-4-16(10-17)13-26-6-8-31-9-7-26/h3-5,10-12,15,28-29H,6-9,13-14H2,1-2H3,(H,25,30). The maximum absolute atomic E-state index is 10.4. The average molecular weight is 425 g/mol. The summed E-state index contributed by atoms with van der Waals surface area (Å²) in [7, 11) is 0. The number of rotatable bonds is 6. The zero-order valence-electron chi connectivity index (χ0n) is 17.8. The van der Waals surface area contributed by atoms with E-state index in [-0.39, 0.29) is 23.4 Å². The average Bonchev–Trinajstić information content (AvgIpc) is 3.09. The highest BCUT2D eigenvalue weighted by Crippen LogP contribution is 2.38. The highest BCUT2D eigenvalue weighted by atomic mass is 16.5. The predicted octanol–water partition coefficient (Wildman–Crippen LogP) is 3.07. The minimum absolute atomic E-state index is 0.0300. The highest BCUT2D eigenvalue weighted by Gasteiger charge is 2.20. The van der Waals surface area contributed by atoms with Crippen molar-refractivity contribution in [1.82, 2.24) is 19.7 Å². The van der Waals surface area contributed by atoms with Crippen LogP contribution < -0.4 is 0 Å². The summed E-state index contributed by atoms with van der Waals surface area (Å²) < 4.78 is 6.98. The lowest BCUT2D eigenvalue weighted by Gasteiger charge is -2.26. The van der Waals surface area contributed by atoms with Crippen molar-refractivity contribution in [3.63, 3.8) is 0 Å². The first-order chi connectivity index (χ1) is 14.9. The van der Waals surface area contributed by atoms with E-state index in [1.807, 2.05) is 26.0 Å². The van der Waals surface area contributed by atoms with Gasteiger partial charge in [-0.15, -0.1) is 5.10 Å². The van der Waals surface area contributed by atoms with Crippen LogP contribution in [0.2, 0.25) is 0 Å². The van der Waals surface area contributed by atoms with Crippen LogP contribution in [0.25, 0.3) is 11.4 Å². The van der Waals surface area contributed by atoms with Gasteiger partial charge in [0, 0.05) is 25.7 Å². The third kappa shape index (κ3) is 4.65. The summed E-state index contributed by atoms with van der Waals surface area (Å²) >= 11 is 0. The molecule has 3 N–H and O–H groups in total. The molecule has 0 atom stereocenters. The molecule has 0 aliphatic carbocycles. The number of nitrogens with zero attached hydrogens (tertiary/aromatic N) is 4. The van der Waals surface area contributed by atoms with E-state index < -0.39 is 0 Å². The number of benzene rings is 2. The van der Waals surface area contributed by atoms with Gasteiger partial charge >= 0.3 is 6.01 Å². The minimum atomic E-state index is -0.229. The molecule has 0 radical (unpaired) electrons. The van der Waals surface area contributed by atoms with Crippen LogP contribution in [0.5, 0.6) is 17.5 Å². The van der Waals surface area contributed by atoms with Gasteiger partial charge in [-0.2, -0.15) is 0 Å². The Hall–Kier alpha value is -3.10. The summed E-state index contributed by atoms with van der Waals surface area (Å²) in [5.74, 6) is 0.315. The molecule has 1 aliphatic heterocycles. The summed E-state index contributed by atoms with van der Waals surface area (Å²) in [6.45, 7) is 8.45. The molecule has 4 rings (SSSR count). The molecule has 1 fully saturated rings. The van der Waals surface area contributed by atoms with Crippen LogP contribution in [0.4, 0.5) is 0 Å². The molecule has 2 aromatic carbocycles. The molecule has 8 heteroatoms. The van der Waals surface area contributed by atoms with Crippen LogP contribution in [-0.2, 0) is 17.8 Å². The van der Waals surface area contributed by atoms with Crippen molar-refractivity contribution in [1.29, 1.82) is 0 Å². The molecule has 0 spiro atoms. The van der Waals surface area contributed by atoms with Gasteiger partial charge in [-0.25, -0.2) is 0 Å². The van der Waals surface area contributed by atoms with E-state index in [4.69, 9.17) is 4.74 Å². The van der Waals surface area contributed by atoms with Crippen molar-refractivity contribution < 1.29 is 20.1 Å². The molecule has 0 bridgehead atoms. The fraction of sp³-hybridized carbons (Fsp3) is 0.391. The number of aromatic hydroxyl groups is 3. The maximum Gasteiger partial charge on any atom is 0.315 e. The lowest BCUT2D eigenvalue weighted by molar-refractivity contribution is 0.0342. The number of ether oxygens (including phenoxy) is 1. The Morgan fingerprint density at radius 1 is 0.935 bits per heavy atom. The number of hydrogen-bond acceptors (Lipinski definition) is 7. The normalized spacial score (nSPS) is 14.9. The van der Waals surface area contributed by atoms with Gasteiger partial charge < -0.3 is 20.1 Å². The van der Waals surface area contributed by atoms with Gasteiger partial charge in [0.05, 0.1) is 25.3 Å². The third-order valence-corrected chi connectivity index (χ3v) is 5.58. The Labute approximate surface area is 181 Å². The molecule has 1 aromatic heterocycles. The Morgan fingerprint density at radius 2 is 1.65 bits per heavy atom. The van der Waals surface area contributed by atoms with Gasteiger partial charge in [0.1, 0.15) is 11.5 Å². The zero-order chi connectivity index (χ0) is 22.0. The van der Waals surface area contributed by atoms with E-state index in [0.717, 1.165) is 38.4 Å². The van der Waals surface area contributed by atoms with Crippen LogP contribution in [0.15, 0.2) is 36.4 Å². The first-order valence-electron chi connectivity index (χ1n) is 10.5. The van der Waals surface area contributed by atoms with E-state index in [2.05, 4.69) is 27.2 Å². The van der Waals surface area contributed by atoms with E-state index in [9.17, 15) is 15.3 Å². The van der Waals surface area contributed by atoms with Crippen molar-refractivity contribution in [2.75, 3.05) is 26.3 Å². The van der Waals surface area contributed by atoms with Crippen molar-refractivity contribution in [2.24, 2.45) is 0 Å². The third-order valence-electron chi connectivity index (χ3n) is 5.58. The number of hydrogen-bond donors (Lipinski definition) is 3. The molecule has 164 valence electrons. The molecule has 0 amide bonds. The topological polar surface area (TPSA) is 104 Å². The van der Waals surface area contributed by atoms with Gasteiger partial charge in [0.15, 0.2) is 5.82 Å². The van der Waals surface area contributed by atoms with Gasteiger partial charge in [-0.1, -0.05) is 43.2 Å². The smallest absolute Gasteiger partial charge is 0.315 e. The van der Waals surface area contributed by atoms with E-state index in [0.29, 0.717) is 23.5 Å². The molecule has 3 aromatic rings. The number of morpholine rings is 1. The molecular formula is C23H28N4O4. The van der Waals surface area contributed by atoms with Crippen LogP contribution in [-0.4, -0.2) is 61.3 Å². The summed E-state index contributed by atoms with van der Waals surface area (Å²) in [5, 5.41) is 38.8. The monoisotopic (exact) mass is 424 g/mol. The first-order valence-corrected chi connectivity index (χ1v) is 10.5. The fourth-order valence-electron chi connectivity index (χ4n) is 3.90. The van der Waals surface area contributed by atoms with Crippen molar-refractivity contribution in [2.45, 2.75) is 32.9 Å². The maximum atomic E-state index is 10.4. The SMILES string of the molecule is CC(C)c1cc(-c2nnc(O)n2Cc2cccc(CN3CCOCC3)c2)c(O)cc1O. The Morgan fingerprint density at radius 3 is 2.35 bits per heavy atom. The van der Waals surface area contributed by atoms with E-state index in [1.165, 1.54) is 11.6 Å². The van der Waals surface area contributed by atoms with E-state index in [1.54, 1.807) is 10.6 Å². The van der Waals surface area contributed by atoms with Crippen LogP contribution >= 0.6 is 0 Å². The van der Waals surface area contributed by atoms with Gasteiger partial charge in [-0.05, 0) is 28.7 Å². The van der Waals surface area contributed by atoms with Gasteiger partial charge in [-0.3, -0.25) is 9.47 Å². The summed E-state index contributed by atoms with van der Waals surface area (Å²) in [6.07, 6.45) is 0. The first kappa shape index (κ1) is 21.1. The van der Waals surface area contributed by atoms with Crippen LogP contribution in [0.3, 0.4) is 0 Å².